The summed E-state index contributed by atoms with van der Waals surface area (Å²) in [6.07, 6.45) is 0.880. The summed E-state index contributed by atoms with van der Waals surface area (Å²) < 4.78 is 5.52. The Hall–Kier alpha value is -1.79. The second-order valence-electron chi connectivity index (χ2n) is 6.20. The Balaban J connectivity index is 1.97. The smallest absolute Gasteiger partial charge is 0.335 e. The van der Waals surface area contributed by atoms with Gasteiger partial charge >= 0.3 is 5.97 Å². The molecule has 1 aromatic heterocycles. The number of rotatable bonds is 4. The zero-order chi connectivity index (χ0) is 16.6. The third-order valence-corrected chi connectivity index (χ3v) is 5.14. The number of carboxylic acid groups (broad SMARTS) is 1. The second-order valence-corrected chi connectivity index (χ2v) is 7.30. The number of nitrogens with one attached hydrogen (secondary N) is 1. The van der Waals surface area contributed by atoms with Gasteiger partial charge in [0, 0.05) is 22.2 Å². The van der Waals surface area contributed by atoms with E-state index in [2.05, 4.69) is 4.98 Å². The van der Waals surface area contributed by atoms with Gasteiger partial charge in [0.15, 0.2) is 5.60 Å². The predicted molar refractivity (Wildman–Crippen MR) is 90.9 cm³/mol. The van der Waals surface area contributed by atoms with Gasteiger partial charge in [0.2, 0.25) is 0 Å². The van der Waals surface area contributed by atoms with Gasteiger partial charge in [0.25, 0.3) is 5.56 Å². The molecule has 1 aliphatic rings. The van der Waals surface area contributed by atoms with Gasteiger partial charge < -0.3 is 14.8 Å². The molecule has 2 aromatic rings. The van der Waals surface area contributed by atoms with E-state index in [4.69, 9.17) is 9.84 Å². The van der Waals surface area contributed by atoms with Gasteiger partial charge in [0.05, 0.1) is 6.61 Å². The highest BCUT2D eigenvalue weighted by Crippen LogP contribution is 2.28. The van der Waals surface area contributed by atoms with Crippen LogP contribution in [0, 0.1) is 0 Å². The van der Waals surface area contributed by atoms with E-state index in [1.165, 1.54) is 13.8 Å². The summed E-state index contributed by atoms with van der Waals surface area (Å²) in [7, 11) is 0. The Morgan fingerprint density at radius 3 is 2.91 bits per heavy atom. The monoisotopic (exact) mass is 333 g/mol. The quantitative estimate of drug-likeness (QED) is 0.899. The molecule has 5 nitrogen and oxygen atoms in total. The average Bonchev–Trinajstić information content (AvgIpc) is 2.53. The summed E-state index contributed by atoms with van der Waals surface area (Å²) in [5.41, 5.74) is 2.46. The number of ether oxygens (including phenoxy) is 1. The van der Waals surface area contributed by atoms with Crippen molar-refractivity contribution in [3.8, 4) is 0 Å². The maximum absolute atomic E-state index is 12.1. The number of carboxylic acids is 1. The summed E-state index contributed by atoms with van der Waals surface area (Å²) >= 11 is 1.77. The molecule has 0 bridgehead atoms. The molecule has 0 fully saturated rings. The van der Waals surface area contributed by atoms with Crippen LogP contribution in [-0.2, 0) is 28.3 Å². The first-order valence-electron chi connectivity index (χ1n) is 7.50. The number of fused-ring (bicyclic) bond motifs is 3. The SMILES string of the molecule is CC(C)(OCc1ccc2[nH]c(=O)c3c(c2c1)CCSC3)C(=O)O. The highest BCUT2D eigenvalue weighted by atomic mass is 32.2. The maximum atomic E-state index is 12.1. The van der Waals surface area contributed by atoms with Crippen LogP contribution in [0.1, 0.15) is 30.5 Å². The number of aryl methyl sites for hydroxylation is 1. The zero-order valence-corrected chi connectivity index (χ0v) is 14.0. The summed E-state index contributed by atoms with van der Waals surface area (Å²) in [6.45, 7) is 3.29. The summed E-state index contributed by atoms with van der Waals surface area (Å²) in [4.78, 5) is 26.2. The molecule has 1 aromatic carbocycles. The van der Waals surface area contributed by atoms with Gasteiger partial charge in [-0.3, -0.25) is 4.79 Å². The molecule has 0 amide bonds. The molecule has 23 heavy (non-hydrogen) atoms. The van der Waals surface area contributed by atoms with E-state index in [1.807, 2.05) is 18.2 Å². The number of carbonyl (C=O) groups is 1. The van der Waals surface area contributed by atoms with Crippen LogP contribution in [-0.4, -0.2) is 27.4 Å². The predicted octanol–water partition coefficient (Wildman–Crippen LogP) is 2.70. The van der Waals surface area contributed by atoms with Crippen molar-refractivity contribution in [2.24, 2.45) is 0 Å². The lowest BCUT2D eigenvalue weighted by molar-refractivity contribution is -0.162. The van der Waals surface area contributed by atoms with E-state index in [0.29, 0.717) is 0 Å². The van der Waals surface area contributed by atoms with Crippen LogP contribution < -0.4 is 5.56 Å². The van der Waals surface area contributed by atoms with Gasteiger partial charge in [-0.15, -0.1) is 0 Å². The Kier molecular flexibility index (Phi) is 4.21. The molecule has 0 spiro atoms. The minimum absolute atomic E-state index is 0.00397. The Morgan fingerprint density at radius 2 is 2.17 bits per heavy atom. The molecule has 0 aliphatic carbocycles. The molecule has 0 saturated carbocycles. The highest BCUT2D eigenvalue weighted by molar-refractivity contribution is 7.98. The van der Waals surface area contributed by atoms with Crippen molar-refractivity contribution in [3.63, 3.8) is 0 Å². The van der Waals surface area contributed by atoms with Crippen LogP contribution in [0.4, 0.5) is 0 Å². The normalized spacial score (nSPS) is 14.7. The van der Waals surface area contributed by atoms with E-state index in [-0.39, 0.29) is 12.2 Å². The second kappa shape index (κ2) is 6.02. The Bertz CT molecular complexity index is 825. The average molecular weight is 333 g/mol. The topological polar surface area (TPSA) is 79.4 Å². The number of benzene rings is 1. The van der Waals surface area contributed by atoms with Crippen molar-refractivity contribution in [1.29, 1.82) is 0 Å². The lowest BCUT2D eigenvalue weighted by Gasteiger charge is -2.21. The summed E-state index contributed by atoms with van der Waals surface area (Å²) in [5.74, 6) is 0.767. The fourth-order valence-electron chi connectivity index (χ4n) is 2.65. The first-order chi connectivity index (χ1) is 10.9. The van der Waals surface area contributed by atoms with Crippen molar-refractivity contribution in [1.82, 2.24) is 4.98 Å². The number of thioether (sulfide) groups is 1. The van der Waals surface area contributed by atoms with Crippen LogP contribution in [0.2, 0.25) is 0 Å². The van der Waals surface area contributed by atoms with Crippen molar-refractivity contribution < 1.29 is 14.6 Å². The number of H-pyrrole nitrogens is 1. The number of hydrogen-bond acceptors (Lipinski definition) is 4. The molecule has 2 N–H and O–H groups in total. The number of pyridine rings is 1. The van der Waals surface area contributed by atoms with Crippen LogP contribution in [0.15, 0.2) is 23.0 Å². The minimum atomic E-state index is -1.23. The molecule has 0 unspecified atom stereocenters. The van der Waals surface area contributed by atoms with E-state index >= 15 is 0 Å². The first-order valence-corrected chi connectivity index (χ1v) is 8.66. The first kappa shape index (κ1) is 16.1. The van der Waals surface area contributed by atoms with E-state index in [1.54, 1.807) is 11.8 Å². The van der Waals surface area contributed by atoms with Gasteiger partial charge in [-0.1, -0.05) is 6.07 Å². The Labute approximate surface area is 138 Å². The number of aliphatic carboxylic acids is 1. The molecule has 6 heteroatoms. The molecule has 0 saturated heterocycles. The molecule has 3 rings (SSSR count). The van der Waals surface area contributed by atoms with Crippen LogP contribution in [0.3, 0.4) is 0 Å². The van der Waals surface area contributed by atoms with Gasteiger partial charge in [-0.2, -0.15) is 11.8 Å². The molecule has 2 heterocycles. The van der Waals surface area contributed by atoms with Crippen LogP contribution in [0.5, 0.6) is 0 Å². The Morgan fingerprint density at radius 1 is 1.39 bits per heavy atom. The number of hydrogen-bond donors (Lipinski definition) is 2. The van der Waals surface area contributed by atoms with E-state index < -0.39 is 11.6 Å². The fraction of sp³-hybridized carbons (Fsp3) is 0.412. The van der Waals surface area contributed by atoms with Crippen molar-refractivity contribution in [2.75, 3.05) is 5.75 Å². The summed E-state index contributed by atoms with van der Waals surface area (Å²) in [6, 6.07) is 5.73. The highest BCUT2D eigenvalue weighted by Gasteiger charge is 2.28. The molecule has 0 radical (unpaired) electrons. The maximum Gasteiger partial charge on any atom is 0.335 e. The third kappa shape index (κ3) is 3.14. The molecule has 1 aliphatic heterocycles. The molecule has 122 valence electrons. The summed E-state index contributed by atoms with van der Waals surface area (Å²) in [5, 5.41) is 10.1. The largest absolute Gasteiger partial charge is 0.479 e. The molecule has 0 atom stereocenters. The van der Waals surface area contributed by atoms with Crippen molar-refractivity contribution in [3.05, 3.63) is 45.2 Å². The fourth-order valence-corrected chi connectivity index (χ4v) is 3.65. The molecular formula is C17H19NO4S. The number of aromatic amines is 1. The van der Waals surface area contributed by atoms with Gasteiger partial charge in [-0.05, 0) is 49.3 Å². The zero-order valence-electron chi connectivity index (χ0n) is 13.1. The van der Waals surface area contributed by atoms with Gasteiger partial charge in [-0.25, -0.2) is 4.79 Å². The minimum Gasteiger partial charge on any atom is -0.479 e. The van der Waals surface area contributed by atoms with E-state index in [9.17, 15) is 9.59 Å². The third-order valence-electron chi connectivity index (χ3n) is 4.15. The lowest BCUT2D eigenvalue weighted by atomic mass is 10.00. The standard InChI is InChI=1S/C17H19NO4S/c1-17(2,16(20)21)22-8-10-3-4-14-12(7-10)11-5-6-23-9-13(11)15(19)18-14/h3-4,7H,5-6,8-9H2,1-2H3,(H,18,19)(H,20,21). The number of aromatic nitrogens is 1. The lowest BCUT2D eigenvalue weighted by Crippen LogP contribution is -2.34. The van der Waals surface area contributed by atoms with Crippen LogP contribution in [0.25, 0.3) is 10.9 Å². The molecular weight excluding hydrogens is 314 g/mol. The van der Waals surface area contributed by atoms with Gasteiger partial charge in [0.1, 0.15) is 0 Å². The van der Waals surface area contributed by atoms with Crippen molar-refractivity contribution >= 4 is 28.6 Å². The van der Waals surface area contributed by atoms with Crippen molar-refractivity contribution in [2.45, 2.75) is 38.2 Å². The van der Waals surface area contributed by atoms with Crippen LogP contribution >= 0.6 is 11.8 Å². The van der Waals surface area contributed by atoms with E-state index in [0.717, 1.165) is 45.5 Å².